The SMILES string of the molecule is CCc1ccc(NC(=O)c2ccc(S(C)(=O)=O)cc2Cl)cc1-c1ccccn1. The molecule has 0 atom stereocenters. The Bertz CT molecular complexity index is 1130. The highest BCUT2D eigenvalue weighted by atomic mass is 35.5. The Morgan fingerprint density at radius 2 is 1.89 bits per heavy atom. The molecular formula is C21H19ClN2O3S. The first-order valence-corrected chi connectivity index (χ1v) is 10.9. The molecule has 0 bridgehead atoms. The predicted molar refractivity (Wildman–Crippen MR) is 112 cm³/mol. The highest BCUT2D eigenvalue weighted by molar-refractivity contribution is 7.90. The molecule has 7 heteroatoms. The third-order valence-corrected chi connectivity index (χ3v) is 5.73. The Morgan fingerprint density at radius 1 is 1.11 bits per heavy atom. The van der Waals surface area contributed by atoms with Gasteiger partial charge < -0.3 is 5.32 Å². The maximum absolute atomic E-state index is 12.6. The number of aryl methyl sites for hydroxylation is 1. The van der Waals surface area contributed by atoms with E-state index < -0.39 is 15.7 Å². The van der Waals surface area contributed by atoms with Gasteiger partial charge in [0.25, 0.3) is 5.91 Å². The molecule has 0 aliphatic heterocycles. The highest BCUT2D eigenvalue weighted by Crippen LogP contribution is 2.27. The number of hydrogen-bond donors (Lipinski definition) is 1. The van der Waals surface area contributed by atoms with Gasteiger partial charge in [-0.25, -0.2) is 8.42 Å². The fourth-order valence-electron chi connectivity index (χ4n) is 2.83. The van der Waals surface area contributed by atoms with Crippen molar-refractivity contribution < 1.29 is 13.2 Å². The average Bonchev–Trinajstić information content (AvgIpc) is 2.67. The first-order valence-electron chi connectivity index (χ1n) is 8.65. The molecule has 0 radical (unpaired) electrons. The normalized spacial score (nSPS) is 11.2. The van der Waals surface area contributed by atoms with Gasteiger partial charge in [0.2, 0.25) is 0 Å². The van der Waals surface area contributed by atoms with E-state index >= 15 is 0 Å². The van der Waals surface area contributed by atoms with E-state index in [0.717, 1.165) is 29.5 Å². The number of carbonyl (C=O) groups is 1. The van der Waals surface area contributed by atoms with Crippen molar-refractivity contribution >= 4 is 33.0 Å². The molecule has 28 heavy (non-hydrogen) atoms. The van der Waals surface area contributed by atoms with Gasteiger partial charge in [0, 0.05) is 23.7 Å². The Hall–Kier alpha value is -2.70. The second-order valence-electron chi connectivity index (χ2n) is 6.31. The molecule has 0 spiro atoms. The summed E-state index contributed by atoms with van der Waals surface area (Å²) in [4.78, 5) is 17.1. The summed E-state index contributed by atoms with van der Waals surface area (Å²) in [5.41, 5.74) is 3.69. The van der Waals surface area contributed by atoms with Crippen LogP contribution < -0.4 is 5.32 Å². The largest absolute Gasteiger partial charge is 0.322 e. The van der Waals surface area contributed by atoms with Crippen molar-refractivity contribution in [3.05, 3.63) is 76.9 Å². The standard InChI is InChI=1S/C21H19ClN2O3S/c1-3-14-7-8-15(12-18(14)20-6-4-5-11-23-20)24-21(25)17-10-9-16(13-19(17)22)28(2,26)27/h4-13H,3H2,1-2H3,(H,24,25). The van der Waals surface area contributed by atoms with Crippen LogP contribution in [0.15, 0.2) is 65.7 Å². The lowest BCUT2D eigenvalue weighted by Gasteiger charge is -2.12. The van der Waals surface area contributed by atoms with Crippen LogP contribution in [-0.2, 0) is 16.3 Å². The lowest BCUT2D eigenvalue weighted by Crippen LogP contribution is -2.13. The minimum atomic E-state index is -3.39. The Balaban J connectivity index is 1.91. The highest BCUT2D eigenvalue weighted by Gasteiger charge is 2.16. The lowest BCUT2D eigenvalue weighted by atomic mass is 10.0. The van der Waals surface area contributed by atoms with Gasteiger partial charge in [0.15, 0.2) is 9.84 Å². The summed E-state index contributed by atoms with van der Waals surface area (Å²) >= 11 is 6.14. The summed E-state index contributed by atoms with van der Waals surface area (Å²) in [7, 11) is -3.39. The maximum Gasteiger partial charge on any atom is 0.257 e. The van der Waals surface area contributed by atoms with Gasteiger partial charge in [0.05, 0.1) is 21.2 Å². The van der Waals surface area contributed by atoms with Gasteiger partial charge >= 0.3 is 0 Å². The van der Waals surface area contributed by atoms with E-state index in [4.69, 9.17) is 11.6 Å². The molecule has 0 saturated carbocycles. The zero-order chi connectivity index (χ0) is 20.3. The van der Waals surface area contributed by atoms with Crippen molar-refractivity contribution in [2.45, 2.75) is 18.2 Å². The van der Waals surface area contributed by atoms with Crippen molar-refractivity contribution in [2.24, 2.45) is 0 Å². The molecule has 1 amide bonds. The maximum atomic E-state index is 12.6. The van der Waals surface area contributed by atoms with Crippen LogP contribution in [0, 0.1) is 0 Å². The van der Waals surface area contributed by atoms with Crippen LogP contribution in [0.3, 0.4) is 0 Å². The number of pyridine rings is 1. The van der Waals surface area contributed by atoms with E-state index in [0.29, 0.717) is 5.69 Å². The number of nitrogens with zero attached hydrogens (tertiary/aromatic N) is 1. The van der Waals surface area contributed by atoms with E-state index in [-0.39, 0.29) is 15.5 Å². The van der Waals surface area contributed by atoms with Crippen molar-refractivity contribution in [3.8, 4) is 11.3 Å². The number of halogens is 1. The van der Waals surface area contributed by atoms with Crippen LogP contribution >= 0.6 is 11.6 Å². The smallest absolute Gasteiger partial charge is 0.257 e. The summed E-state index contributed by atoms with van der Waals surface area (Å²) in [6, 6.07) is 15.4. The number of sulfone groups is 1. The molecule has 2 aromatic carbocycles. The monoisotopic (exact) mass is 414 g/mol. The summed E-state index contributed by atoms with van der Waals surface area (Å²) in [6.07, 6.45) is 3.65. The third-order valence-electron chi connectivity index (χ3n) is 4.30. The third kappa shape index (κ3) is 4.40. The Kier molecular flexibility index (Phi) is 5.82. The Labute approximate surface area is 169 Å². The molecule has 0 saturated heterocycles. The first-order chi connectivity index (χ1) is 13.3. The van der Waals surface area contributed by atoms with Gasteiger partial charge in [-0.15, -0.1) is 0 Å². The molecule has 0 unspecified atom stereocenters. The summed E-state index contributed by atoms with van der Waals surface area (Å²) < 4.78 is 23.2. The minimum absolute atomic E-state index is 0.0683. The number of aromatic nitrogens is 1. The molecule has 5 nitrogen and oxygen atoms in total. The number of benzene rings is 2. The van der Waals surface area contributed by atoms with Crippen LogP contribution in [0.2, 0.25) is 5.02 Å². The number of amides is 1. The number of carbonyl (C=O) groups excluding carboxylic acids is 1. The molecule has 0 aliphatic rings. The Morgan fingerprint density at radius 3 is 2.50 bits per heavy atom. The predicted octanol–water partition coefficient (Wildman–Crippen LogP) is 4.62. The van der Waals surface area contributed by atoms with E-state index in [1.54, 1.807) is 6.20 Å². The van der Waals surface area contributed by atoms with E-state index in [1.165, 1.54) is 18.2 Å². The zero-order valence-corrected chi connectivity index (χ0v) is 17.0. The first kappa shape index (κ1) is 20.0. The van der Waals surface area contributed by atoms with Crippen molar-refractivity contribution in [1.29, 1.82) is 0 Å². The molecule has 0 fully saturated rings. The van der Waals surface area contributed by atoms with Crippen LogP contribution in [0.1, 0.15) is 22.8 Å². The molecule has 144 valence electrons. The van der Waals surface area contributed by atoms with Crippen LogP contribution in [0.25, 0.3) is 11.3 Å². The molecule has 1 heterocycles. The fraction of sp³-hybridized carbons (Fsp3) is 0.143. The fourth-order valence-corrected chi connectivity index (χ4v) is 3.81. The quantitative estimate of drug-likeness (QED) is 0.660. The number of nitrogens with one attached hydrogen (secondary N) is 1. The molecule has 1 aromatic heterocycles. The number of anilines is 1. The second-order valence-corrected chi connectivity index (χ2v) is 8.73. The minimum Gasteiger partial charge on any atom is -0.322 e. The van der Waals surface area contributed by atoms with E-state index in [9.17, 15) is 13.2 Å². The topological polar surface area (TPSA) is 76.1 Å². The number of rotatable bonds is 5. The van der Waals surface area contributed by atoms with Crippen LogP contribution in [-0.4, -0.2) is 25.6 Å². The molecule has 0 aliphatic carbocycles. The lowest BCUT2D eigenvalue weighted by molar-refractivity contribution is 0.102. The van der Waals surface area contributed by atoms with Crippen molar-refractivity contribution in [2.75, 3.05) is 11.6 Å². The average molecular weight is 415 g/mol. The summed E-state index contributed by atoms with van der Waals surface area (Å²) in [6.45, 7) is 2.06. The van der Waals surface area contributed by atoms with E-state index in [1.807, 2.05) is 36.4 Å². The number of hydrogen-bond acceptors (Lipinski definition) is 4. The molecule has 3 aromatic rings. The van der Waals surface area contributed by atoms with Gasteiger partial charge in [0.1, 0.15) is 0 Å². The van der Waals surface area contributed by atoms with Crippen LogP contribution in [0.5, 0.6) is 0 Å². The van der Waals surface area contributed by atoms with Crippen molar-refractivity contribution in [3.63, 3.8) is 0 Å². The van der Waals surface area contributed by atoms with E-state index in [2.05, 4.69) is 17.2 Å². The summed E-state index contributed by atoms with van der Waals surface area (Å²) in [5, 5.41) is 2.90. The molecule has 3 rings (SSSR count). The molecule has 1 N–H and O–H groups in total. The van der Waals surface area contributed by atoms with Gasteiger partial charge in [-0.1, -0.05) is 30.7 Å². The summed E-state index contributed by atoms with van der Waals surface area (Å²) in [5.74, 6) is -0.415. The molecular weight excluding hydrogens is 396 g/mol. The second kappa shape index (κ2) is 8.12. The zero-order valence-electron chi connectivity index (χ0n) is 15.4. The van der Waals surface area contributed by atoms with Gasteiger partial charge in [-0.3, -0.25) is 9.78 Å². The van der Waals surface area contributed by atoms with Crippen molar-refractivity contribution in [1.82, 2.24) is 4.98 Å². The van der Waals surface area contributed by atoms with Gasteiger partial charge in [-0.05, 0) is 54.4 Å². The van der Waals surface area contributed by atoms with Gasteiger partial charge in [-0.2, -0.15) is 0 Å². The van der Waals surface area contributed by atoms with Crippen LogP contribution in [0.4, 0.5) is 5.69 Å².